The van der Waals surface area contributed by atoms with Crippen LogP contribution < -0.4 is 0 Å². The topological polar surface area (TPSA) is 34.0 Å². The number of aromatic nitrogens is 3. The maximum atomic E-state index is 16.3. The minimum atomic E-state index is -0.289. The van der Waals surface area contributed by atoms with Crippen LogP contribution in [0, 0.1) is 20.8 Å². The number of hydrogen-bond acceptors (Lipinski definition) is 3. The third-order valence-electron chi connectivity index (χ3n) is 6.28. The normalized spacial score (nSPS) is 15.0. The van der Waals surface area contributed by atoms with E-state index in [0.717, 1.165) is 42.0 Å². The number of halogens is 1. The molecule has 0 aliphatic carbocycles. The molecule has 1 aromatic carbocycles. The smallest absolute Gasteiger partial charge is 0.156 e. The Morgan fingerprint density at radius 3 is 2.25 bits per heavy atom. The molecule has 0 radical (unpaired) electrons. The number of aryl methyl sites for hydroxylation is 3. The second kappa shape index (κ2) is 7.99. The molecule has 0 N–H and O–H groups in total. The highest BCUT2D eigenvalue weighted by atomic mass is 19.1. The van der Waals surface area contributed by atoms with E-state index < -0.39 is 0 Å². The van der Waals surface area contributed by atoms with Gasteiger partial charge in [0.25, 0.3) is 0 Å². The molecule has 0 bridgehead atoms. The highest BCUT2D eigenvalue weighted by molar-refractivity contribution is 5.96. The molecule has 4 aromatic rings. The summed E-state index contributed by atoms with van der Waals surface area (Å²) in [6, 6.07) is 14.0. The molecule has 0 atom stereocenters. The SMILES string of the molecule is Cc1ccc2c(c1)c1c(n2/C(=C(/F)c2ccc(C)nc2)c2ccc(C)nc2)CCN(C)C1. The third kappa shape index (κ3) is 3.53. The van der Waals surface area contributed by atoms with Crippen molar-refractivity contribution in [3.05, 3.63) is 94.2 Å². The first-order valence-electron chi connectivity index (χ1n) is 11.0. The zero-order chi connectivity index (χ0) is 22.4. The Kier molecular flexibility index (Phi) is 5.14. The summed E-state index contributed by atoms with van der Waals surface area (Å²) in [6.07, 6.45) is 4.25. The van der Waals surface area contributed by atoms with Crippen LogP contribution in [0.25, 0.3) is 22.4 Å². The second-order valence-electron chi connectivity index (χ2n) is 8.81. The lowest BCUT2D eigenvalue weighted by Gasteiger charge is -2.25. The van der Waals surface area contributed by atoms with Gasteiger partial charge in [0.2, 0.25) is 0 Å². The van der Waals surface area contributed by atoms with Gasteiger partial charge < -0.3 is 9.47 Å². The molecule has 162 valence electrons. The van der Waals surface area contributed by atoms with E-state index in [1.807, 2.05) is 32.0 Å². The number of likely N-dealkylation sites (N-methyl/N-ethyl adjacent to an activating group) is 1. The van der Waals surface area contributed by atoms with Gasteiger partial charge in [0, 0.05) is 65.5 Å². The number of hydrogen-bond donors (Lipinski definition) is 0. The molecule has 4 heterocycles. The van der Waals surface area contributed by atoms with Crippen LogP contribution in [-0.2, 0) is 13.0 Å². The fraction of sp³-hybridized carbons (Fsp3) is 0.259. The summed E-state index contributed by atoms with van der Waals surface area (Å²) in [5, 5.41) is 1.19. The van der Waals surface area contributed by atoms with Gasteiger partial charge in [-0.05, 0) is 69.8 Å². The fourth-order valence-corrected chi connectivity index (χ4v) is 4.56. The van der Waals surface area contributed by atoms with Crippen molar-refractivity contribution in [3.63, 3.8) is 0 Å². The maximum absolute atomic E-state index is 16.3. The van der Waals surface area contributed by atoms with Gasteiger partial charge in [-0.25, -0.2) is 4.39 Å². The highest BCUT2D eigenvalue weighted by Crippen LogP contribution is 2.38. The number of fused-ring (bicyclic) bond motifs is 3. The van der Waals surface area contributed by atoms with E-state index in [0.29, 0.717) is 11.3 Å². The molecule has 0 spiro atoms. The minimum Gasteiger partial charge on any atom is -0.310 e. The minimum absolute atomic E-state index is 0.289. The molecule has 1 aliphatic rings. The molecule has 4 nitrogen and oxygen atoms in total. The average molecular weight is 427 g/mol. The predicted octanol–water partition coefficient (Wildman–Crippen LogP) is 5.69. The number of pyridine rings is 2. The Morgan fingerprint density at radius 1 is 0.906 bits per heavy atom. The molecule has 0 saturated heterocycles. The molecule has 0 unspecified atom stereocenters. The first kappa shape index (κ1) is 20.6. The van der Waals surface area contributed by atoms with Crippen LogP contribution in [0.4, 0.5) is 4.39 Å². The third-order valence-corrected chi connectivity index (χ3v) is 6.28. The molecule has 32 heavy (non-hydrogen) atoms. The van der Waals surface area contributed by atoms with Gasteiger partial charge in [0.15, 0.2) is 5.83 Å². The Hall–Kier alpha value is -3.31. The molecule has 0 fully saturated rings. The summed E-state index contributed by atoms with van der Waals surface area (Å²) in [7, 11) is 2.14. The van der Waals surface area contributed by atoms with Crippen molar-refractivity contribution >= 4 is 22.4 Å². The van der Waals surface area contributed by atoms with E-state index in [9.17, 15) is 0 Å². The zero-order valence-electron chi connectivity index (χ0n) is 19.0. The standard InChI is InChI=1S/C27H27FN4/c1-17-5-10-24-22(13-17)23-16-31(4)12-11-25(23)32(24)27(21-9-7-19(3)30-15-21)26(28)20-8-6-18(2)29-14-20/h5-10,13-15H,11-12,16H2,1-4H3/b27-26+. The van der Waals surface area contributed by atoms with Gasteiger partial charge in [-0.15, -0.1) is 0 Å². The summed E-state index contributed by atoms with van der Waals surface area (Å²) in [5.74, 6) is -0.289. The van der Waals surface area contributed by atoms with Gasteiger partial charge in [-0.1, -0.05) is 11.6 Å². The molecule has 5 rings (SSSR count). The second-order valence-corrected chi connectivity index (χ2v) is 8.81. The van der Waals surface area contributed by atoms with Crippen LogP contribution in [0.3, 0.4) is 0 Å². The lowest BCUT2D eigenvalue weighted by molar-refractivity contribution is 0.311. The van der Waals surface area contributed by atoms with Gasteiger partial charge in [-0.3, -0.25) is 9.97 Å². The molecule has 3 aromatic heterocycles. The number of benzene rings is 1. The van der Waals surface area contributed by atoms with Crippen LogP contribution in [0.5, 0.6) is 0 Å². The largest absolute Gasteiger partial charge is 0.310 e. The molecule has 0 saturated carbocycles. The zero-order valence-corrected chi connectivity index (χ0v) is 19.0. The van der Waals surface area contributed by atoms with Gasteiger partial charge in [-0.2, -0.15) is 0 Å². The van der Waals surface area contributed by atoms with Crippen molar-refractivity contribution in [1.82, 2.24) is 19.4 Å². The van der Waals surface area contributed by atoms with E-state index in [4.69, 9.17) is 0 Å². The lowest BCUT2D eigenvalue weighted by Crippen LogP contribution is -2.27. The maximum Gasteiger partial charge on any atom is 0.156 e. The first-order chi connectivity index (χ1) is 15.4. The Bertz CT molecular complexity index is 1330. The quantitative estimate of drug-likeness (QED) is 0.422. The van der Waals surface area contributed by atoms with E-state index in [2.05, 4.69) is 51.6 Å². The van der Waals surface area contributed by atoms with Crippen molar-refractivity contribution in [2.75, 3.05) is 13.6 Å². The lowest BCUT2D eigenvalue weighted by atomic mass is 10.0. The van der Waals surface area contributed by atoms with Gasteiger partial charge >= 0.3 is 0 Å². The molecule has 5 heteroatoms. The molecular formula is C27H27FN4. The highest BCUT2D eigenvalue weighted by Gasteiger charge is 2.27. The summed E-state index contributed by atoms with van der Waals surface area (Å²) in [5.41, 5.74) is 8.22. The number of nitrogens with zero attached hydrogens (tertiary/aromatic N) is 4. The van der Waals surface area contributed by atoms with Gasteiger partial charge in [0.1, 0.15) is 0 Å². The Morgan fingerprint density at radius 2 is 1.59 bits per heavy atom. The van der Waals surface area contributed by atoms with E-state index in [1.54, 1.807) is 18.5 Å². The summed E-state index contributed by atoms with van der Waals surface area (Å²) in [4.78, 5) is 11.1. The van der Waals surface area contributed by atoms with Crippen LogP contribution >= 0.6 is 0 Å². The number of rotatable bonds is 3. The summed E-state index contributed by atoms with van der Waals surface area (Å²) >= 11 is 0. The van der Waals surface area contributed by atoms with E-state index >= 15 is 4.39 Å². The summed E-state index contributed by atoms with van der Waals surface area (Å²) in [6.45, 7) is 7.75. The monoisotopic (exact) mass is 426 g/mol. The van der Waals surface area contributed by atoms with Crippen molar-refractivity contribution in [2.24, 2.45) is 0 Å². The van der Waals surface area contributed by atoms with Crippen LogP contribution in [-0.4, -0.2) is 33.0 Å². The molecular weight excluding hydrogens is 399 g/mol. The van der Waals surface area contributed by atoms with Gasteiger partial charge in [0.05, 0.1) is 11.2 Å². The van der Waals surface area contributed by atoms with Crippen molar-refractivity contribution in [3.8, 4) is 0 Å². The average Bonchev–Trinajstić information content (AvgIpc) is 3.08. The fourth-order valence-electron chi connectivity index (χ4n) is 4.56. The first-order valence-corrected chi connectivity index (χ1v) is 11.0. The van der Waals surface area contributed by atoms with E-state index in [1.165, 1.54) is 22.2 Å². The van der Waals surface area contributed by atoms with Crippen molar-refractivity contribution in [2.45, 2.75) is 33.7 Å². The predicted molar refractivity (Wildman–Crippen MR) is 128 cm³/mol. The van der Waals surface area contributed by atoms with E-state index in [-0.39, 0.29) is 5.83 Å². The molecule has 1 aliphatic heterocycles. The van der Waals surface area contributed by atoms with Crippen molar-refractivity contribution < 1.29 is 4.39 Å². The van der Waals surface area contributed by atoms with Crippen LogP contribution in [0.2, 0.25) is 0 Å². The molecule has 0 amide bonds. The van der Waals surface area contributed by atoms with Crippen molar-refractivity contribution in [1.29, 1.82) is 0 Å². The van der Waals surface area contributed by atoms with Crippen LogP contribution in [0.1, 0.15) is 39.3 Å². The Labute approximate surface area is 188 Å². The van der Waals surface area contributed by atoms with Crippen LogP contribution in [0.15, 0.2) is 54.9 Å². The Balaban J connectivity index is 1.86. The summed E-state index contributed by atoms with van der Waals surface area (Å²) < 4.78 is 18.4.